The van der Waals surface area contributed by atoms with Crippen molar-refractivity contribution in [2.24, 2.45) is 16.8 Å². The van der Waals surface area contributed by atoms with Crippen LogP contribution in [0.15, 0.2) is 23.4 Å². The van der Waals surface area contributed by atoms with Crippen LogP contribution in [0, 0.1) is 11.7 Å². The van der Waals surface area contributed by atoms with E-state index < -0.39 is 5.82 Å². The van der Waals surface area contributed by atoms with E-state index in [1.54, 1.807) is 6.07 Å². The van der Waals surface area contributed by atoms with E-state index >= 15 is 0 Å². The number of nitrogens with two attached hydrogens (primary N) is 1. The largest absolute Gasteiger partial charge is 0.409 e. The molecule has 0 saturated carbocycles. The van der Waals surface area contributed by atoms with Crippen molar-refractivity contribution in [3.05, 3.63) is 35.1 Å². The van der Waals surface area contributed by atoms with Gasteiger partial charge in [0, 0.05) is 25.3 Å². The van der Waals surface area contributed by atoms with Gasteiger partial charge in [-0.2, -0.15) is 0 Å². The molecule has 1 aromatic carbocycles. The molecule has 5 nitrogen and oxygen atoms in total. The highest BCUT2D eigenvalue weighted by molar-refractivity contribution is 5.97. The Bertz CT molecular complexity index is 464. The summed E-state index contributed by atoms with van der Waals surface area (Å²) < 4.78 is 18.9. The van der Waals surface area contributed by atoms with Crippen LogP contribution in [0.5, 0.6) is 0 Å². The number of hydrogen-bond acceptors (Lipinski definition) is 4. The Kier molecular flexibility index (Phi) is 7.71. The molecule has 0 radical (unpaired) electrons. The zero-order chi connectivity index (χ0) is 15.7. The minimum Gasteiger partial charge on any atom is -0.409 e. The molecule has 6 heteroatoms. The van der Waals surface area contributed by atoms with Crippen LogP contribution < -0.4 is 11.1 Å². The van der Waals surface area contributed by atoms with E-state index in [1.165, 1.54) is 12.1 Å². The number of nitrogens with zero attached hydrogens (tertiary/aromatic N) is 1. The number of benzene rings is 1. The topological polar surface area (TPSA) is 79.9 Å². The number of nitrogens with one attached hydrogen (secondary N) is 1. The van der Waals surface area contributed by atoms with Gasteiger partial charge in [-0.25, -0.2) is 4.39 Å². The Morgan fingerprint density at radius 3 is 2.86 bits per heavy atom. The van der Waals surface area contributed by atoms with Crippen molar-refractivity contribution in [1.82, 2.24) is 5.32 Å². The molecule has 0 heterocycles. The summed E-state index contributed by atoms with van der Waals surface area (Å²) in [4.78, 5) is 0. The second kappa shape index (κ2) is 9.31. The first-order valence-electron chi connectivity index (χ1n) is 7.08. The van der Waals surface area contributed by atoms with E-state index in [2.05, 4.69) is 24.3 Å². The maximum atomic E-state index is 13.4. The number of halogens is 1. The molecule has 0 atom stereocenters. The normalized spacial score (nSPS) is 12.1. The first-order chi connectivity index (χ1) is 10.0. The van der Waals surface area contributed by atoms with Crippen LogP contribution in [-0.4, -0.2) is 30.8 Å². The molecule has 0 unspecified atom stereocenters. The Morgan fingerprint density at radius 1 is 1.43 bits per heavy atom. The van der Waals surface area contributed by atoms with Crippen LogP contribution in [0.25, 0.3) is 0 Å². The van der Waals surface area contributed by atoms with Gasteiger partial charge in [-0.1, -0.05) is 19.0 Å². The van der Waals surface area contributed by atoms with Gasteiger partial charge in [0.25, 0.3) is 0 Å². The SMILES string of the molecule is CC(C)COCCCNCc1cc(F)cc(/C(N)=N/O)c1. The smallest absolute Gasteiger partial charge is 0.170 e. The Hall–Kier alpha value is -1.66. The van der Waals surface area contributed by atoms with E-state index in [0.29, 0.717) is 24.6 Å². The summed E-state index contributed by atoms with van der Waals surface area (Å²) in [5.74, 6) is 0.0383. The van der Waals surface area contributed by atoms with Crippen LogP contribution in [0.2, 0.25) is 0 Å². The third-order valence-corrected chi connectivity index (χ3v) is 2.78. The number of hydrogen-bond donors (Lipinski definition) is 3. The van der Waals surface area contributed by atoms with Crippen molar-refractivity contribution in [3.8, 4) is 0 Å². The van der Waals surface area contributed by atoms with Crippen LogP contribution in [0.1, 0.15) is 31.4 Å². The quantitative estimate of drug-likeness (QED) is 0.214. The molecule has 4 N–H and O–H groups in total. The van der Waals surface area contributed by atoms with Gasteiger partial charge in [0.1, 0.15) is 5.82 Å². The van der Waals surface area contributed by atoms with E-state index in [9.17, 15) is 4.39 Å². The summed E-state index contributed by atoms with van der Waals surface area (Å²) in [5.41, 5.74) is 6.58. The third-order valence-electron chi connectivity index (χ3n) is 2.78. The molecule has 0 bridgehead atoms. The second-order valence-electron chi connectivity index (χ2n) is 5.33. The van der Waals surface area contributed by atoms with Gasteiger partial charge in [0.2, 0.25) is 0 Å². The standard InChI is InChI=1S/C15H24FN3O2/c1-11(2)10-21-5-3-4-18-9-12-6-13(15(17)19-20)8-14(16)7-12/h6-8,11,18,20H,3-5,9-10H2,1-2H3,(H2,17,19). The zero-order valence-corrected chi connectivity index (χ0v) is 12.6. The summed E-state index contributed by atoms with van der Waals surface area (Å²) in [7, 11) is 0. The predicted octanol–water partition coefficient (Wildman–Crippen LogP) is 2.07. The lowest BCUT2D eigenvalue weighted by Gasteiger charge is -2.09. The Balaban J connectivity index is 2.34. The van der Waals surface area contributed by atoms with Gasteiger partial charge in [0.05, 0.1) is 0 Å². The van der Waals surface area contributed by atoms with Crippen LogP contribution in [0.3, 0.4) is 0 Å². The van der Waals surface area contributed by atoms with Crippen molar-refractivity contribution in [3.63, 3.8) is 0 Å². The lowest BCUT2D eigenvalue weighted by Crippen LogP contribution is -2.18. The molecule has 0 fully saturated rings. The molecule has 0 aromatic heterocycles. The van der Waals surface area contributed by atoms with Crippen molar-refractivity contribution < 1.29 is 14.3 Å². The predicted molar refractivity (Wildman–Crippen MR) is 80.9 cm³/mol. The summed E-state index contributed by atoms with van der Waals surface area (Å²) >= 11 is 0. The van der Waals surface area contributed by atoms with Crippen LogP contribution in [-0.2, 0) is 11.3 Å². The monoisotopic (exact) mass is 297 g/mol. The van der Waals surface area contributed by atoms with Gasteiger partial charge in [0.15, 0.2) is 5.84 Å². The molecule has 1 rings (SSSR count). The Morgan fingerprint density at radius 2 is 2.19 bits per heavy atom. The molecule has 0 aliphatic heterocycles. The molecule has 0 amide bonds. The van der Waals surface area contributed by atoms with Crippen molar-refractivity contribution in [1.29, 1.82) is 0 Å². The lowest BCUT2D eigenvalue weighted by atomic mass is 10.1. The minimum atomic E-state index is -0.406. The minimum absolute atomic E-state index is 0.0992. The molecular formula is C15H24FN3O2. The summed E-state index contributed by atoms with van der Waals surface area (Å²) in [6, 6.07) is 4.36. The number of amidine groups is 1. The maximum absolute atomic E-state index is 13.4. The molecular weight excluding hydrogens is 273 g/mol. The van der Waals surface area contributed by atoms with Gasteiger partial charge in [-0.3, -0.25) is 0 Å². The van der Waals surface area contributed by atoms with Crippen molar-refractivity contribution in [2.75, 3.05) is 19.8 Å². The molecule has 1 aromatic rings. The highest BCUT2D eigenvalue weighted by Crippen LogP contribution is 2.09. The second-order valence-corrected chi connectivity index (χ2v) is 5.33. The number of ether oxygens (including phenoxy) is 1. The van der Waals surface area contributed by atoms with Gasteiger partial charge >= 0.3 is 0 Å². The zero-order valence-electron chi connectivity index (χ0n) is 12.6. The maximum Gasteiger partial charge on any atom is 0.170 e. The molecule has 21 heavy (non-hydrogen) atoms. The van der Waals surface area contributed by atoms with Crippen molar-refractivity contribution >= 4 is 5.84 Å². The average molecular weight is 297 g/mol. The molecule has 118 valence electrons. The fourth-order valence-electron chi connectivity index (χ4n) is 1.81. The third kappa shape index (κ3) is 7.06. The molecule has 0 aliphatic rings. The van der Waals surface area contributed by atoms with Gasteiger partial charge in [-0.15, -0.1) is 0 Å². The molecule has 0 saturated heterocycles. The first kappa shape index (κ1) is 17.4. The van der Waals surface area contributed by atoms with Gasteiger partial charge < -0.3 is 21.0 Å². The van der Waals surface area contributed by atoms with Crippen molar-refractivity contribution in [2.45, 2.75) is 26.8 Å². The number of rotatable bonds is 9. The highest BCUT2D eigenvalue weighted by atomic mass is 19.1. The highest BCUT2D eigenvalue weighted by Gasteiger charge is 2.04. The van der Waals surface area contributed by atoms with E-state index in [-0.39, 0.29) is 5.84 Å². The van der Waals surface area contributed by atoms with E-state index in [1.807, 2.05) is 0 Å². The molecule has 0 aliphatic carbocycles. The average Bonchev–Trinajstić information content (AvgIpc) is 2.44. The number of oxime groups is 1. The Labute approximate surface area is 125 Å². The van der Waals surface area contributed by atoms with Gasteiger partial charge in [-0.05, 0) is 42.6 Å². The summed E-state index contributed by atoms with van der Waals surface area (Å²) in [5, 5.41) is 14.7. The van der Waals surface area contributed by atoms with Crippen LogP contribution in [0.4, 0.5) is 4.39 Å². The lowest BCUT2D eigenvalue weighted by molar-refractivity contribution is 0.108. The van der Waals surface area contributed by atoms with E-state index in [0.717, 1.165) is 25.1 Å². The summed E-state index contributed by atoms with van der Waals surface area (Å²) in [6.45, 7) is 7.01. The fraction of sp³-hybridized carbons (Fsp3) is 0.533. The first-order valence-corrected chi connectivity index (χ1v) is 7.08. The fourth-order valence-corrected chi connectivity index (χ4v) is 1.81. The summed E-state index contributed by atoms with van der Waals surface area (Å²) in [6.07, 6.45) is 0.898. The van der Waals surface area contributed by atoms with Crippen LogP contribution >= 0.6 is 0 Å². The van der Waals surface area contributed by atoms with E-state index in [4.69, 9.17) is 15.7 Å². The molecule has 0 spiro atoms.